The van der Waals surface area contributed by atoms with E-state index < -0.39 is 5.91 Å². The summed E-state index contributed by atoms with van der Waals surface area (Å²) in [5.41, 5.74) is 6.49. The molecule has 0 fully saturated rings. The van der Waals surface area contributed by atoms with E-state index in [0.29, 0.717) is 17.1 Å². The van der Waals surface area contributed by atoms with Gasteiger partial charge in [-0.15, -0.1) is 0 Å². The molecule has 28 heavy (non-hydrogen) atoms. The summed E-state index contributed by atoms with van der Waals surface area (Å²) in [5.74, 6) is 0.788. The van der Waals surface area contributed by atoms with Crippen LogP contribution in [0.1, 0.15) is 35.8 Å². The maximum Gasteiger partial charge on any atom is 0.255 e. The third-order valence-electron chi connectivity index (χ3n) is 4.22. The van der Waals surface area contributed by atoms with Gasteiger partial charge in [0, 0.05) is 5.56 Å². The van der Waals surface area contributed by atoms with Crippen molar-refractivity contribution in [2.24, 2.45) is 11.7 Å². The summed E-state index contributed by atoms with van der Waals surface area (Å²) in [7, 11) is 3.07. The molecule has 0 aliphatic rings. The highest BCUT2D eigenvalue weighted by molar-refractivity contribution is 5.95. The molecule has 2 amide bonds. The van der Waals surface area contributed by atoms with Crippen LogP contribution in [0.5, 0.6) is 17.2 Å². The Kier molecular flexibility index (Phi) is 7.26. The Labute approximate surface area is 164 Å². The second-order valence-corrected chi connectivity index (χ2v) is 6.59. The normalized spacial score (nSPS) is 11.6. The van der Waals surface area contributed by atoms with E-state index in [1.54, 1.807) is 25.3 Å². The molecule has 150 valence electrons. The summed E-state index contributed by atoms with van der Waals surface area (Å²) < 4.78 is 15.7. The molecular formula is C21H26N2O5. The van der Waals surface area contributed by atoms with Gasteiger partial charge in [0.25, 0.3) is 11.8 Å². The Morgan fingerprint density at radius 3 is 2.21 bits per heavy atom. The molecule has 0 heterocycles. The SMILES string of the molecule is COc1ccc(C(NC(=O)c2ccc(OCC(N)=O)c(OC)c2)C(C)C)cc1. The summed E-state index contributed by atoms with van der Waals surface area (Å²) in [6.45, 7) is 3.81. The van der Waals surface area contributed by atoms with Gasteiger partial charge in [-0.05, 0) is 41.8 Å². The van der Waals surface area contributed by atoms with E-state index in [1.165, 1.54) is 7.11 Å². The van der Waals surface area contributed by atoms with Gasteiger partial charge in [0.2, 0.25) is 0 Å². The van der Waals surface area contributed by atoms with Gasteiger partial charge >= 0.3 is 0 Å². The van der Waals surface area contributed by atoms with Crippen molar-refractivity contribution in [2.75, 3.05) is 20.8 Å². The fourth-order valence-corrected chi connectivity index (χ4v) is 2.75. The van der Waals surface area contributed by atoms with E-state index in [-0.39, 0.29) is 24.5 Å². The van der Waals surface area contributed by atoms with Gasteiger partial charge < -0.3 is 25.3 Å². The fourth-order valence-electron chi connectivity index (χ4n) is 2.75. The molecule has 0 saturated heterocycles. The standard InChI is InChI=1S/C21H26N2O5/c1-13(2)20(14-5-8-16(26-3)9-6-14)23-21(25)15-7-10-17(18(11-15)27-4)28-12-19(22)24/h5-11,13,20H,12H2,1-4H3,(H2,22,24)(H,23,25). The lowest BCUT2D eigenvalue weighted by atomic mass is 9.95. The van der Waals surface area contributed by atoms with Gasteiger partial charge in [0.05, 0.1) is 20.3 Å². The lowest BCUT2D eigenvalue weighted by Crippen LogP contribution is -2.31. The van der Waals surface area contributed by atoms with Gasteiger partial charge in [-0.3, -0.25) is 9.59 Å². The van der Waals surface area contributed by atoms with Crippen LogP contribution >= 0.6 is 0 Å². The van der Waals surface area contributed by atoms with E-state index in [1.807, 2.05) is 38.1 Å². The van der Waals surface area contributed by atoms with Crippen LogP contribution in [0.2, 0.25) is 0 Å². The number of hydrogen-bond acceptors (Lipinski definition) is 5. The zero-order valence-electron chi connectivity index (χ0n) is 16.5. The molecule has 7 nitrogen and oxygen atoms in total. The molecule has 0 aromatic heterocycles. The number of nitrogens with one attached hydrogen (secondary N) is 1. The molecule has 7 heteroatoms. The van der Waals surface area contributed by atoms with Crippen molar-refractivity contribution in [3.05, 3.63) is 53.6 Å². The molecule has 1 unspecified atom stereocenters. The molecular weight excluding hydrogens is 360 g/mol. The predicted octanol–water partition coefficient (Wildman–Crippen LogP) is 2.70. The number of rotatable bonds is 9. The third kappa shape index (κ3) is 5.39. The van der Waals surface area contributed by atoms with Gasteiger partial charge in [-0.2, -0.15) is 0 Å². The molecule has 0 bridgehead atoms. The van der Waals surface area contributed by atoms with Crippen LogP contribution in [0, 0.1) is 5.92 Å². The minimum atomic E-state index is -0.594. The zero-order chi connectivity index (χ0) is 20.7. The van der Waals surface area contributed by atoms with Crippen molar-refractivity contribution < 1.29 is 23.8 Å². The minimum Gasteiger partial charge on any atom is -0.497 e. The maximum absolute atomic E-state index is 12.8. The summed E-state index contributed by atoms with van der Waals surface area (Å²) in [6.07, 6.45) is 0. The van der Waals surface area contributed by atoms with Gasteiger partial charge in [-0.1, -0.05) is 26.0 Å². The van der Waals surface area contributed by atoms with Crippen LogP contribution in [-0.2, 0) is 4.79 Å². The largest absolute Gasteiger partial charge is 0.497 e. The van der Waals surface area contributed by atoms with Crippen LogP contribution in [0.25, 0.3) is 0 Å². The summed E-state index contributed by atoms with van der Waals surface area (Å²) in [4.78, 5) is 23.7. The molecule has 0 spiro atoms. The third-order valence-corrected chi connectivity index (χ3v) is 4.22. The first-order valence-corrected chi connectivity index (χ1v) is 8.89. The van der Waals surface area contributed by atoms with E-state index in [4.69, 9.17) is 19.9 Å². The monoisotopic (exact) mass is 386 g/mol. The van der Waals surface area contributed by atoms with Crippen molar-refractivity contribution in [3.63, 3.8) is 0 Å². The molecule has 3 N–H and O–H groups in total. The molecule has 1 atom stereocenters. The number of primary amides is 1. The van der Waals surface area contributed by atoms with Crippen LogP contribution in [0.4, 0.5) is 0 Å². The Balaban J connectivity index is 2.19. The zero-order valence-corrected chi connectivity index (χ0v) is 16.5. The Morgan fingerprint density at radius 2 is 1.68 bits per heavy atom. The van der Waals surface area contributed by atoms with Crippen LogP contribution in [0.15, 0.2) is 42.5 Å². The average molecular weight is 386 g/mol. The lowest BCUT2D eigenvalue weighted by molar-refractivity contribution is -0.119. The highest BCUT2D eigenvalue weighted by atomic mass is 16.5. The average Bonchev–Trinajstić information content (AvgIpc) is 2.69. The lowest BCUT2D eigenvalue weighted by Gasteiger charge is -2.23. The van der Waals surface area contributed by atoms with Gasteiger partial charge in [0.15, 0.2) is 18.1 Å². The van der Waals surface area contributed by atoms with Crippen molar-refractivity contribution >= 4 is 11.8 Å². The van der Waals surface area contributed by atoms with Crippen LogP contribution in [0.3, 0.4) is 0 Å². The fraction of sp³-hybridized carbons (Fsp3) is 0.333. The number of carbonyl (C=O) groups excluding carboxylic acids is 2. The van der Waals surface area contributed by atoms with Crippen LogP contribution < -0.4 is 25.3 Å². The quantitative estimate of drug-likeness (QED) is 0.690. The smallest absolute Gasteiger partial charge is 0.255 e. The molecule has 2 rings (SSSR count). The molecule has 0 aliphatic carbocycles. The van der Waals surface area contributed by atoms with Gasteiger partial charge in [0.1, 0.15) is 5.75 Å². The predicted molar refractivity (Wildman–Crippen MR) is 106 cm³/mol. The highest BCUT2D eigenvalue weighted by Crippen LogP contribution is 2.29. The number of benzene rings is 2. The van der Waals surface area contributed by atoms with Crippen LogP contribution in [-0.4, -0.2) is 32.6 Å². The second-order valence-electron chi connectivity index (χ2n) is 6.59. The highest BCUT2D eigenvalue weighted by Gasteiger charge is 2.20. The van der Waals surface area contributed by atoms with E-state index in [2.05, 4.69) is 5.32 Å². The summed E-state index contributed by atoms with van der Waals surface area (Å²) in [5, 5.41) is 3.06. The first-order valence-electron chi connectivity index (χ1n) is 8.89. The number of ether oxygens (including phenoxy) is 3. The van der Waals surface area contributed by atoms with E-state index >= 15 is 0 Å². The van der Waals surface area contributed by atoms with Crippen molar-refractivity contribution in [2.45, 2.75) is 19.9 Å². The number of hydrogen-bond donors (Lipinski definition) is 2. The van der Waals surface area contributed by atoms with E-state index in [9.17, 15) is 9.59 Å². The van der Waals surface area contributed by atoms with E-state index in [0.717, 1.165) is 11.3 Å². The van der Waals surface area contributed by atoms with Gasteiger partial charge in [-0.25, -0.2) is 0 Å². The molecule has 2 aromatic rings. The summed E-state index contributed by atoms with van der Waals surface area (Å²) in [6, 6.07) is 12.2. The topological polar surface area (TPSA) is 99.9 Å². The molecule has 0 saturated carbocycles. The number of nitrogens with two attached hydrogens (primary N) is 1. The number of methoxy groups -OCH3 is 2. The first-order chi connectivity index (χ1) is 13.3. The molecule has 0 radical (unpaired) electrons. The number of amides is 2. The Morgan fingerprint density at radius 1 is 1.00 bits per heavy atom. The Bertz CT molecular complexity index is 818. The Hall–Kier alpha value is -3.22. The number of carbonyl (C=O) groups is 2. The molecule has 2 aromatic carbocycles. The van der Waals surface area contributed by atoms with Crippen molar-refractivity contribution in [3.8, 4) is 17.2 Å². The first kappa shape index (κ1) is 21.1. The second kappa shape index (κ2) is 9.64. The van der Waals surface area contributed by atoms with Crippen molar-refractivity contribution in [1.82, 2.24) is 5.32 Å². The van der Waals surface area contributed by atoms with Crippen molar-refractivity contribution in [1.29, 1.82) is 0 Å². The summed E-state index contributed by atoms with van der Waals surface area (Å²) >= 11 is 0. The molecule has 0 aliphatic heterocycles. The minimum absolute atomic E-state index is 0.171. The maximum atomic E-state index is 12.8.